The minimum absolute atomic E-state index is 0.0736. The number of carbonyl (C=O) groups excluding carboxylic acids is 1. The van der Waals surface area contributed by atoms with Gasteiger partial charge in [0, 0.05) is 6.42 Å². The van der Waals surface area contributed by atoms with Gasteiger partial charge in [0.25, 0.3) is 0 Å². The normalized spacial score (nSPS) is 11.9. The zero-order valence-corrected chi connectivity index (χ0v) is 13.1. The molecule has 0 saturated heterocycles. The number of rotatable bonds is 12. The SMILES string of the molecule is CCCC=CCC=CCC=CCCCCC(=O)OCC. The van der Waals surface area contributed by atoms with Crippen LogP contribution in [0.2, 0.25) is 0 Å². The number of unbranched alkanes of at least 4 members (excludes halogenated alkanes) is 3. The van der Waals surface area contributed by atoms with E-state index >= 15 is 0 Å². The van der Waals surface area contributed by atoms with Crippen molar-refractivity contribution in [1.82, 2.24) is 0 Å². The molecule has 0 aliphatic carbocycles. The lowest BCUT2D eigenvalue weighted by Gasteiger charge is -1.99. The topological polar surface area (TPSA) is 26.3 Å². The highest BCUT2D eigenvalue weighted by Gasteiger charge is 1.99. The summed E-state index contributed by atoms with van der Waals surface area (Å²) in [6, 6.07) is 0. The molecule has 0 atom stereocenters. The lowest BCUT2D eigenvalue weighted by atomic mass is 10.2. The first-order valence-corrected chi connectivity index (χ1v) is 7.91. The molecule has 0 bridgehead atoms. The van der Waals surface area contributed by atoms with Gasteiger partial charge < -0.3 is 4.74 Å². The van der Waals surface area contributed by atoms with Crippen molar-refractivity contribution in [1.29, 1.82) is 0 Å². The first-order valence-electron chi connectivity index (χ1n) is 7.91. The maximum atomic E-state index is 11.1. The van der Waals surface area contributed by atoms with Crippen molar-refractivity contribution in [3.63, 3.8) is 0 Å². The predicted molar refractivity (Wildman–Crippen MR) is 86.7 cm³/mol. The fraction of sp³-hybridized carbons (Fsp3) is 0.611. The van der Waals surface area contributed by atoms with Crippen LogP contribution in [-0.4, -0.2) is 12.6 Å². The minimum Gasteiger partial charge on any atom is -0.466 e. The molecule has 0 aromatic rings. The summed E-state index contributed by atoms with van der Waals surface area (Å²) < 4.78 is 4.88. The number of allylic oxidation sites excluding steroid dienone is 6. The second-order valence-electron chi connectivity index (χ2n) is 4.73. The summed E-state index contributed by atoms with van der Waals surface area (Å²) in [6.07, 6.45) is 21.3. The Hall–Kier alpha value is -1.31. The Labute approximate surface area is 124 Å². The van der Waals surface area contributed by atoms with E-state index < -0.39 is 0 Å². The van der Waals surface area contributed by atoms with Crippen LogP contribution in [0.4, 0.5) is 0 Å². The molecule has 0 rings (SSSR count). The van der Waals surface area contributed by atoms with Gasteiger partial charge in [-0.3, -0.25) is 4.79 Å². The summed E-state index contributed by atoms with van der Waals surface area (Å²) >= 11 is 0. The zero-order chi connectivity index (χ0) is 14.9. The molecule has 0 amide bonds. The van der Waals surface area contributed by atoms with Crippen LogP contribution in [0.3, 0.4) is 0 Å². The van der Waals surface area contributed by atoms with Crippen LogP contribution in [0.5, 0.6) is 0 Å². The molecule has 0 heterocycles. The van der Waals surface area contributed by atoms with Crippen molar-refractivity contribution >= 4 is 5.97 Å². The van der Waals surface area contributed by atoms with Crippen LogP contribution < -0.4 is 0 Å². The Bertz CT molecular complexity index is 301. The Morgan fingerprint density at radius 1 is 0.850 bits per heavy atom. The summed E-state index contributed by atoms with van der Waals surface area (Å²) in [5.74, 6) is -0.0736. The molecule has 0 aromatic carbocycles. The first-order chi connectivity index (χ1) is 9.81. The Balaban J connectivity index is 3.35. The van der Waals surface area contributed by atoms with Crippen molar-refractivity contribution in [2.24, 2.45) is 0 Å². The van der Waals surface area contributed by atoms with Crippen LogP contribution in [0, 0.1) is 0 Å². The zero-order valence-electron chi connectivity index (χ0n) is 13.1. The van der Waals surface area contributed by atoms with Crippen molar-refractivity contribution in [3.05, 3.63) is 36.5 Å². The monoisotopic (exact) mass is 278 g/mol. The van der Waals surface area contributed by atoms with E-state index in [4.69, 9.17) is 4.74 Å². The summed E-state index contributed by atoms with van der Waals surface area (Å²) in [7, 11) is 0. The van der Waals surface area contributed by atoms with Crippen molar-refractivity contribution in [3.8, 4) is 0 Å². The number of carbonyl (C=O) groups is 1. The molecule has 20 heavy (non-hydrogen) atoms. The van der Waals surface area contributed by atoms with E-state index in [1.807, 2.05) is 6.92 Å². The van der Waals surface area contributed by atoms with Gasteiger partial charge in [0.2, 0.25) is 0 Å². The van der Waals surface area contributed by atoms with Gasteiger partial charge in [-0.15, -0.1) is 0 Å². The number of hydrogen-bond acceptors (Lipinski definition) is 2. The third-order valence-electron chi connectivity index (χ3n) is 2.81. The van der Waals surface area contributed by atoms with Gasteiger partial charge in [0.15, 0.2) is 0 Å². The third kappa shape index (κ3) is 14.7. The van der Waals surface area contributed by atoms with Gasteiger partial charge in [-0.25, -0.2) is 0 Å². The molecule has 2 heteroatoms. The minimum atomic E-state index is -0.0736. The summed E-state index contributed by atoms with van der Waals surface area (Å²) in [6.45, 7) is 4.52. The highest BCUT2D eigenvalue weighted by atomic mass is 16.5. The van der Waals surface area contributed by atoms with Gasteiger partial charge in [-0.05, 0) is 45.4 Å². The van der Waals surface area contributed by atoms with Gasteiger partial charge in [-0.2, -0.15) is 0 Å². The van der Waals surface area contributed by atoms with Crippen molar-refractivity contribution < 1.29 is 9.53 Å². The van der Waals surface area contributed by atoms with Crippen molar-refractivity contribution in [2.75, 3.05) is 6.61 Å². The average Bonchev–Trinajstić information content (AvgIpc) is 2.44. The van der Waals surface area contributed by atoms with Gasteiger partial charge >= 0.3 is 5.97 Å². The summed E-state index contributed by atoms with van der Waals surface area (Å²) in [5.41, 5.74) is 0. The molecular formula is C18H30O2. The van der Waals surface area contributed by atoms with Crippen LogP contribution >= 0.6 is 0 Å². The van der Waals surface area contributed by atoms with Crippen LogP contribution in [-0.2, 0) is 9.53 Å². The Kier molecular flexibility index (Phi) is 14.7. The molecule has 2 nitrogen and oxygen atoms in total. The van der Waals surface area contributed by atoms with E-state index in [0.717, 1.165) is 32.1 Å². The summed E-state index contributed by atoms with van der Waals surface area (Å²) in [4.78, 5) is 11.1. The predicted octanol–water partition coefficient (Wildman–Crippen LogP) is 5.36. The van der Waals surface area contributed by atoms with Gasteiger partial charge in [-0.1, -0.05) is 49.8 Å². The smallest absolute Gasteiger partial charge is 0.305 e. The molecule has 0 spiro atoms. The van der Waals surface area contributed by atoms with Crippen molar-refractivity contribution in [2.45, 2.75) is 65.2 Å². The average molecular weight is 278 g/mol. The highest BCUT2D eigenvalue weighted by Crippen LogP contribution is 2.03. The Morgan fingerprint density at radius 3 is 2.05 bits per heavy atom. The number of hydrogen-bond donors (Lipinski definition) is 0. The van der Waals surface area contributed by atoms with E-state index in [1.54, 1.807) is 0 Å². The fourth-order valence-electron chi connectivity index (χ4n) is 1.71. The molecule has 0 unspecified atom stereocenters. The third-order valence-corrected chi connectivity index (χ3v) is 2.81. The molecular weight excluding hydrogens is 248 g/mol. The quantitative estimate of drug-likeness (QED) is 0.273. The molecule has 114 valence electrons. The fourth-order valence-corrected chi connectivity index (χ4v) is 1.71. The molecule has 0 radical (unpaired) electrons. The molecule has 0 aromatic heterocycles. The maximum Gasteiger partial charge on any atom is 0.305 e. The largest absolute Gasteiger partial charge is 0.466 e. The van der Waals surface area contributed by atoms with E-state index in [-0.39, 0.29) is 5.97 Å². The van der Waals surface area contributed by atoms with E-state index in [1.165, 1.54) is 12.8 Å². The highest BCUT2D eigenvalue weighted by molar-refractivity contribution is 5.69. The Morgan fingerprint density at radius 2 is 1.45 bits per heavy atom. The second-order valence-corrected chi connectivity index (χ2v) is 4.73. The molecule has 0 fully saturated rings. The van der Waals surface area contributed by atoms with E-state index in [2.05, 4.69) is 43.4 Å². The first kappa shape index (κ1) is 18.7. The molecule has 0 aliphatic rings. The van der Waals surface area contributed by atoms with Crippen LogP contribution in [0.15, 0.2) is 36.5 Å². The molecule has 0 aliphatic heterocycles. The van der Waals surface area contributed by atoms with E-state index in [0.29, 0.717) is 13.0 Å². The van der Waals surface area contributed by atoms with Crippen LogP contribution in [0.1, 0.15) is 65.2 Å². The standard InChI is InChI=1S/C18H30O2/c1-3-5-6-7-8-9-10-11-12-13-14-15-16-17-18(19)20-4-2/h6-7,9-10,12-13H,3-5,8,11,14-17H2,1-2H3. The van der Waals surface area contributed by atoms with Crippen LogP contribution in [0.25, 0.3) is 0 Å². The van der Waals surface area contributed by atoms with Gasteiger partial charge in [0.1, 0.15) is 0 Å². The van der Waals surface area contributed by atoms with Gasteiger partial charge in [0.05, 0.1) is 6.61 Å². The second kappa shape index (κ2) is 15.7. The lowest BCUT2D eigenvalue weighted by molar-refractivity contribution is -0.143. The summed E-state index contributed by atoms with van der Waals surface area (Å²) in [5, 5.41) is 0. The lowest BCUT2D eigenvalue weighted by Crippen LogP contribution is -2.02. The van der Waals surface area contributed by atoms with E-state index in [9.17, 15) is 4.79 Å². The number of ether oxygens (including phenoxy) is 1. The maximum absolute atomic E-state index is 11.1. The molecule has 0 N–H and O–H groups in total. The molecule has 0 saturated carbocycles. The number of esters is 1.